The molecule has 3 amide bonds. The number of sulfonamides is 1. The van der Waals surface area contributed by atoms with E-state index in [9.17, 15) is 22.8 Å². The zero-order chi connectivity index (χ0) is 19.5. The average Bonchev–Trinajstić information content (AvgIpc) is 2.98. The standard InChI is InChI=1S/C16H21N3O6S/c1-4-17-16(22)18-14(20)10(2)25-15(21)12-5-6-13-11(9-12)7-8-19(13)26(3,23)24/h5-6,9-10H,4,7-8H2,1-3H3,(H2,17,18,20,22). The van der Waals surface area contributed by atoms with Crippen molar-refractivity contribution in [3.8, 4) is 0 Å². The van der Waals surface area contributed by atoms with Gasteiger partial charge in [0.1, 0.15) is 0 Å². The van der Waals surface area contributed by atoms with Gasteiger partial charge in [0.25, 0.3) is 5.91 Å². The lowest BCUT2D eigenvalue weighted by atomic mass is 10.1. The summed E-state index contributed by atoms with van der Waals surface area (Å²) in [5, 5.41) is 4.46. The van der Waals surface area contributed by atoms with Gasteiger partial charge in [0.2, 0.25) is 10.0 Å². The maximum Gasteiger partial charge on any atom is 0.338 e. The summed E-state index contributed by atoms with van der Waals surface area (Å²) in [5.41, 5.74) is 1.45. The van der Waals surface area contributed by atoms with Gasteiger partial charge in [-0.15, -0.1) is 0 Å². The summed E-state index contributed by atoms with van der Waals surface area (Å²) in [6, 6.07) is 3.87. The van der Waals surface area contributed by atoms with Crippen molar-refractivity contribution in [2.75, 3.05) is 23.7 Å². The number of imide groups is 1. The topological polar surface area (TPSA) is 122 Å². The van der Waals surface area contributed by atoms with Crippen molar-refractivity contribution < 1.29 is 27.5 Å². The fourth-order valence-corrected chi connectivity index (χ4v) is 3.50. The van der Waals surface area contributed by atoms with Gasteiger partial charge >= 0.3 is 12.0 Å². The molecule has 0 aliphatic carbocycles. The summed E-state index contributed by atoms with van der Waals surface area (Å²) in [4.78, 5) is 35.3. The highest BCUT2D eigenvalue weighted by molar-refractivity contribution is 7.92. The summed E-state index contributed by atoms with van der Waals surface area (Å²) >= 11 is 0. The zero-order valence-corrected chi connectivity index (χ0v) is 15.6. The lowest BCUT2D eigenvalue weighted by molar-refractivity contribution is -0.127. The van der Waals surface area contributed by atoms with Crippen LogP contribution in [0.5, 0.6) is 0 Å². The van der Waals surface area contributed by atoms with Crippen LogP contribution in [0.3, 0.4) is 0 Å². The molecule has 1 unspecified atom stereocenters. The van der Waals surface area contributed by atoms with Gasteiger partial charge in [0.05, 0.1) is 17.5 Å². The molecule has 9 nitrogen and oxygen atoms in total. The maximum absolute atomic E-state index is 12.2. The second kappa shape index (κ2) is 7.73. The zero-order valence-electron chi connectivity index (χ0n) is 14.7. The van der Waals surface area contributed by atoms with E-state index >= 15 is 0 Å². The van der Waals surface area contributed by atoms with Crippen molar-refractivity contribution in [1.82, 2.24) is 10.6 Å². The Kier molecular flexibility index (Phi) is 5.86. The van der Waals surface area contributed by atoms with Crippen LogP contribution in [-0.4, -0.2) is 51.8 Å². The average molecular weight is 383 g/mol. The third-order valence-corrected chi connectivity index (χ3v) is 4.98. The molecule has 142 valence electrons. The number of nitrogens with zero attached hydrogens (tertiary/aromatic N) is 1. The van der Waals surface area contributed by atoms with Crippen molar-refractivity contribution in [3.63, 3.8) is 0 Å². The molecule has 1 aromatic rings. The van der Waals surface area contributed by atoms with Gasteiger partial charge in [-0.25, -0.2) is 18.0 Å². The van der Waals surface area contributed by atoms with Gasteiger partial charge in [-0.05, 0) is 44.0 Å². The number of ether oxygens (including phenoxy) is 1. The first-order valence-corrected chi connectivity index (χ1v) is 9.88. The van der Waals surface area contributed by atoms with Crippen molar-refractivity contribution >= 4 is 33.6 Å². The summed E-state index contributed by atoms with van der Waals surface area (Å²) in [7, 11) is -3.37. The van der Waals surface area contributed by atoms with E-state index in [2.05, 4.69) is 10.6 Å². The lowest BCUT2D eigenvalue weighted by Crippen LogP contribution is -2.44. The molecular formula is C16H21N3O6S. The first kappa shape index (κ1) is 19.7. The molecule has 1 heterocycles. The van der Waals surface area contributed by atoms with Crippen LogP contribution in [0.15, 0.2) is 18.2 Å². The van der Waals surface area contributed by atoms with Gasteiger partial charge in [0.15, 0.2) is 6.10 Å². The fourth-order valence-electron chi connectivity index (χ4n) is 2.54. The Morgan fingerprint density at radius 3 is 2.62 bits per heavy atom. The highest BCUT2D eigenvalue weighted by Gasteiger charge is 2.27. The molecule has 2 rings (SSSR count). The molecule has 1 atom stereocenters. The SMILES string of the molecule is CCNC(=O)NC(=O)C(C)OC(=O)c1ccc2c(c1)CCN2S(C)(=O)=O. The molecule has 0 spiro atoms. The molecule has 0 saturated carbocycles. The third kappa shape index (κ3) is 4.51. The van der Waals surface area contributed by atoms with Gasteiger partial charge in [-0.1, -0.05) is 0 Å². The smallest absolute Gasteiger partial charge is 0.338 e. The highest BCUT2D eigenvalue weighted by Crippen LogP contribution is 2.30. The van der Waals surface area contributed by atoms with E-state index in [1.54, 1.807) is 19.1 Å². The van der Waals surface area contributed by atoms with E-state index in [-0.39, 0.29) is 5.56 Å². The van der Waals surface area contributed by atoms with Gasteiger partial charge in [-0.3, -0.25) is 14.4 Å². The fraction of sp³-hybridized carbons (Fsp3) is 0.438. The Labute approximate surface area is 151 Å². The van der Waals surface area contributed by atoms with Crippen molar-refractivity contribution in [2.24, 2.45) is 0 Å². The highest BCUT2D eigenvalue weighted by atomic mass is 32.2. The molecule has 0 radical (unpaired) electrons. The number of hydrogen-bond acceptors (Lipinski definition) is 6. The van der Waals surface area contributed by atoms with Crippen LogP contribution in [0.2, 0.25) is 0 Å². The Bertz CT molecular complexity index is 836. The number of carbonyl (C=O) groups excluding carboxylic acids is 3. The van der Waals surface area contributed by atoms with E-state index in [4.69, 9.17) is 4.74 Å². The maximum atomic E-state index is 12.2. The van der Waals surface area contributed by atoms with E-state index in [0.717, 1.165) is 6.26 Å². The number of benzene rings is 1. The second-order valence-corrected chi connectivity index (χ2v) is 7.73. The number of fused-ring (bicyclic) bond motifs is 1. The van der Waals surface area contributed by atoms with Gasteiger partial charge < -0.3 is 10.1 Å². The van der Waals surface area contributed by atoms with E-state index in [0.29, 0.717) is 30.8 Å². The number of hydrogen-bond donors (Lipinski definition) is 2. The molecular weight excluding hydrogens is 362 g/mol. The number of urea groups is 1. The van der Waals surface area contributed by atoms with E-state index in [1.165, 1.54) is 17.3 Å². The summed E-state index contributed by atoms with van der Waals surface area (Å²) in [6.45, 7) is 3.72. The molecule has 0 aromatic heterocycles. The number of esters is 1. The van der Waals surface area contributed by atoms with Crippen LogP contribution in [0.1, 0.15) is 29.8 Å². The largest absolute Gasteiger partial charge is 0.449 e. The first-order valence-electron chi connectivity index (χ1n) is 8.03. The summed E-state index contributed by atoms with van der Waals surface area (Å²) < 4.78 is 29.8. The number of anilines is 1. The minimum Gasteiger partial charge on any atom is -0.449 e. The van der Waals surface area contributed by atoms with Gasteiger partial charge in [-0.2, -0.15) is 0 Å². The molecule has 2 N–H and O–H groups in total. The normalized spacial score (nSPS) is 14.3. The molecule has 10 heteroatoms. The van der Waals surface area contributed by atoms with Crippen LogP contribution in [-0.2, 0) is 26.0 Å². The molecule has 0 saturated heterocycles. The Morgan fingerprint density at radius 1 is 1.31 bits per heavy atom. The van der Waals surface area contributed by atoms with Crippen LogP contribution >= 0.6 is 0 Å². The third-order valence-electron chi connectivity index (χ3n) is 3.80. The predicted molar refractivity (Wildman–Crippen MR) is 94.4 cm³/mol. The minimum atomic E-state index is -3.37. The Balaban J connectivity index is 2.05. The molecule has 26 heavy (non-hydrogen) atoms. The Hall–Kier alpha value is -2.62. The monoisotopic (exact) mass is 383 g/mol. The molecule has 0 bridgehead atoms. The van der Waals surface area contributed by atoms with Crippen LogP contribution in [0, 0.1) is 0 Å². The van der Waals surface area contributed by atoms with Crippen molar-refractivity contribution in [3.05, 3.63) is 29.3 Å². The number of rotatable bonds is 5. The van der Waals surface area contributed by atoms with Crippen LogP contribution in [0.25, 0.3) is 0 Å². The molecule has 1 aromatic carbocycles. The lowest BCUT2D eigenvalue weighted by Gasteiger charge is -2.17. The van der Waals surface area contributed by atoms with Crippen molar-refractivity contribution in [2.45, 2.75) is 26.4 Å². The van der Waals surface area contributed by atoms with Crippen LogP contribution in [0.4, 0.5) is 10.5 Å². The number of amides is 3. The predicted octanol–water partition coefficient (Wildman–Crippen LogP) is 0.400. The Morgan fingerprint density at radius 2 is 2.00 bits per heavy atom. The van der Waals surface area contributed by atoms with Gasteiger partial charge in [0, 0.05) is 13.1 Å². The van der Waals surface area contributed by atoms with Crippen LogP contribution < -0.4 is 14.9 Å². The number of carbonyl (C=O) groups is 3. The summed E-state index contributed by atoms with van der Waals surface area (Å²) in [6.07, 6.45) is 0.446. The molecule has 1 aliphatic heterocycles. The first-order chi connectivity index (χ1) is 12.1. The molecule has 0 fully saturated rings. The second-order valence-electron chi connectivity index (χ2n) is 5.82. The van der Waals surface area contributed by atoms with E-state index < -0.39 is 34.0 Å². The summed E-state index contributed by atoms with van der Waals surface area (Å²) in [5.74, 6) is -1.47. The minimum absolute atomic E-state index is 0.205. The number of nitrogens with one attached hydrogen (secondary N) is 2. The quantitative estimate of drug-likeness (QED) is 0.710. The molecule has 1 aliphatic rings. The van der Waals surface area contributed by atoms with E-state index in [1.807, 2.05) is 0 Å². The van der Waals surface area contributed by atoms with Crippen molar-refractivity contribution in [1.29, 1.82) is 0 Å².